The van der Waals surface area contributed by atoms with Crippen molar-refractivity contribution < 1.29 is 37.4 Å². The maximum atomic E-state index is 11.8. The second-order valence-electron chi connectivity index (χ2n) is 6.01. The van der Waals surface area contributed by atoms with E-state index in [9.17, 15) is 22.8 Å². The Bertz CT molecular complexity index is 616. The standard InChI is InChI=1S/C16H24O8S/c1-11(10-14(17)24-13-6-4-3-5-7-13)16(20)23-8-9-25(21,22)12(2)15(18)19/h12-13H,1,3-10H2,2H3,(H,18,19). The number of sulfone groups is 1. The normalized spacial score (nSPS) is 16.7. The molecule has 0 saturated heterocycles. The molecule has 0 amide bonds. The predicted molar refractivity (Wildman–Crippen MR) is 88.6 cm³/mol. The largest absolute Gasteiger partial charge is 0.480 e. The molecule has 1 rings (SSSR count). The molecule has 0 bridgehead atoms. The lowest BCUT2D eigenvalue weighted by atomic mass is 9.98. The Morgan fingerprint density at radius 2 is 1.80 bits per heavy atom. The molecular weight excluding hydrogens is 352 g/mol. The van der Waals surface area contributed by atoms with E-state index in [0.717, 1.165) is 39.0 Å². The number of rotatable bonds is 9. The van der Waals surface area contributed by atoms with E-state index in [1.54, 1.807) is 0 Å². The van der Waals surface area contributed by atoms with Crippen LogP contribution in [0.15, 0.2) is 12.2 Å². The van der Waals surface area contributed by atoms with Crippen molar-refractivity contribution in [3.63, 3.8) is 0 Å². The zero-order valence-corrected chi connectivity index (χ0v) is 15.0. The maximum Gasteiger partial charge on any atom is 0.334 e. The van der Waals surface area contributed by atoms with Gasteiger partial charge in [0.1, 0.15) is 12.7 Å². The summed E-state index contributed by atoms with van der Waals surface area (Å²) in [6, 6.07) is 0. The number of hydrogen-bond acceptors (Lipinski definition) is 7. The highest BCUT2D eigenvalue weighted by Gasteiger charge is 2.28. The lowest BCUT2D eigenvalue weighted by Crippen LogP contribution is -2.31. The number of ether oxygens (including phenoxy) is 2. The Hall–Kier alpha value is -1.90. The monoisotopic (exact) mass is 376 g/mol. The van der Waals surface area contributed by atoms with Crippen molar-refractivity contribution in [2.24, 2.45) is 0 Å². The summed E-state index contributed by atoms with van der Waals surface area (Å²) in [5.74, 6) is -3.56. The number of aliphatic carboxylic acids is 1. The second-order valence-corrected chi connectivity index (χ2v) is 8.45. The van der Waals surface area contributed by atoms with Crippen LogP contribution >= 0.6 is 0 Å². The van der Waals surface area contributed by atoms with E-state index in [1.165, 1.54) is 0 Å². The van der Waals surface area contributed by atoms with Crippen LogP contribution in [0, 0.1) is 0 Å². The first-order chi connectivity index (χ1) is 11.6. The van der Waals surface area contributed by atoms with Crippen LogP contribution in [0.4, 0.5) is 0 Å². The summed E-state index contributed by atoms with van der Waals surface area (Å²) in [5.41, 5.74) is -0.135. The van der Waals surface area contributed by atoms with Gasteiger partial charge in [0.15, 0.2) is 15.1 Å². The molecule has 0 spiro atoms. The van der Waals surface area contributed by atoms with Gasteiger partial charge in [-0.2, -0.15) is 0 Å². The summed E-state index contributed by atoms with van der Waals surface area (Å²) in [7, 11) is -3.92. The van der Waals surface area contributed by atoms with Crippen LogP contribution in [-0.2, 0) is 33.7 Å². The average Bonchev–Trinajstić information content (AvgIpc) is 2.54. The molecule has 1 atom stereocenters. The summed E-state index contributed by atoms with van der Waals surface area (Å²) in [5, 5.41) is 7.11. The van der Waals surface area contributed by atoms with E-state index in [0.29, 0.717) is 0 Å². The maximum absolute atomic E-state index is 11.8. The zero-order chi connectivity index (χ0) is 19.0. The summed E-state index contributed by atoms with van der Waals surface area (Å²) >= 11 is 0. The van der Waals surface area contributed by atoms with Gasteiger partial charge in [0, 0.05) is 5.57 Å². The molecule has 0 aromatic carbocycles. The molecule has 8 nitrogen and oxygen atoms in total. The summed E-state index contributed by atoms with van der Waals surface area (Å²) in [4.78, 5) is 34.2. The molecule has 0 aliphatic heterocycles. The summed E-state index contributed by atoms with van der Waals surface area (Å²) < 4.78 is 33.3. The topological polar surface area (TPSA) is 124 Å². The van der Waals surface area contributed by atoms with Gasteiger partial charge in [-0.05, 0) is 32.6 Å². The van der Waals surface area contributed by atoms with Gasteiger partial charge in [0.05, 0.1) is 12.2 Å². The van der Waals surface area contributed by atoms with Crippen LogP contribution in [0.2, 0.25) is 0 Å². The van der Waals surface area contributed by atoms with Crippen molar-refractivity contribution in [3.05, 3.63) is 12.2 Å². The third-order valence-electron chi connectivity index (χ3n) is 3.98. The number of carboxylic acid groups (broad SMARTS) is 1. The molecule has 1 unspecified atom stereocenters. The Morgan fingerprint density at radius 1 is 1.20 bits per heavy atom. The van der Waals surface area contributed by atoms with Crippen molar-refractivity contribution in [1.29, 1.82) is 0 Å². The minimum absolute atomic E-state index is 0.132. The first-order valence-electron chi connectivity index (χ1n) is 8.12. The molecule has 0 aromatic rings. The number of carboxylic acids is 1. The van der Waals surface area contributed by atoms with Crippen molar-refractivity contribution in [2.75, 3.05) is 12.4 Å². The van der Waals surface area contributed by atoms with Gasteiger partial charge < -0.3 is 14.6 Å². The molecule has 25 heavy (non-hydrogen) atoms. The predicted octanol–water partition coefficient (Wildman–Crippen LogP) is 1.24. The highest BCUT2D eigenvalue weighted by molar-refractivity contribution is 7.92. The summed E-state index contributed by atoms with van der Waals surface area (Å²) in [6.45, 7) is 3.98. The molecule has 0 radical (unpaired) electrons. The van der Waals surface area contributed by atoms with E-state index in [-0.39, 0.29) is 18.1 Å². The molecule has 1 N–H and O–H groups in total. The van der Waals surface area contributed by atoms with E-state index in [2.05, 4.69) is 6.58 Å². The molecule has 142 valence electrons. The van der Waals surface area contributed by atoms with E-state index < -0.39 is 45.4 Å². The quantitative estimate of drug-likeness (QED) is 0.471. The molecule has 1 saturated carbocycles. The Kier molecular flexibility index (Phi) is 8.08. The second kappa shape index (κ2) is 9.55. The minimum atomic E-state index is -3.92. The van der Waals surface area contributed by atoms with Gasteiger partial charge in [0.25, 0.3) is 0 Å². The fourth-order valence-electron chi connectivity index (χ4n) is 2.34. The molecule has 0 aromatic heterocycles. The van der Waals surface area contributed by atoms with Crippen LogP contribution in [0.25, 0.3) is 0 Å². The Labute approximate surface area is 147 Å². The van der Waals surface area contributed by atoms with E-state index in [1.807, 2.05) is 0 Å². The third-order valence-corrected chi connectivity index (χ3v) is 6.00. The van der Waals surface area contributed by atoms with Gasteiger partial charge in [-0.15, -0.1) is 0 Å². The zero-order valence-electron chi connectivity index (χ0n) is 14.2. The number of esters is 2. The fourth-order valence-corrected chi connectivity index (χ4v) is 3.32. The minimum Gasteiger partial charge on any atom is -0.480 e. The van der Waals surface area contributed by atoms with Crippen molar-refractivity contribution in [1.82, 2.24) is 0 Å². The van der Waals surface area contributed by atoms with Gasteiger partial charge >= 0.3 is 17.9 Å². The van der Waals surface area contributed by atoms with Crippen molar-refractivity contribution in [3.8, 4) is 0 Å². The molecular formula is C16H24O8S. The van der Waals surface area contributed by atoms with Crippen molar-refractivity contribution >= 4 is 27.7 Å². The summed E-state index contributed by atoms with van der Waals surface area (Å²) in [6.07, 6.45) is 4.29. The number of carbonyl (C=O) groups excluding carboxylic acids is 2. The highest BCUT2D eigenvalue weighted by Crippen LogP contribution is 2.21. The van der Waals surface area contributed by atoms with Crippen LogP contribution in [0.3, 0.4) is 0 Å². The van der Waals surface area contributed by atoms with Crippen LogP contribution in [-0.4, -0.2) is 55.1 Å². The van der Waals surface area contributed by atoms with E-state index in [4.69, 9.17) is 14.6 Å². The van der Waals surface area contributed by atoms with Gasteiger partial charge in [0.2, 0.25) is 0 Å². The fraction of sp³-hybridized carbons (Fsp3) is 0.688. The Balaban J connectivity index is 2.35. The Morgan fingerprint density at radius 3 is 2.36 bits per heavy atom. The smallest absolute Gasteiger partial charge is 0.334 e. The van der Waals surface area contributed by atoms with Crippen molar-refractivity contribution in [2.45, 2.75) is 56.8 Å². The third kappa shape index (κ3) is 7.25. The first kappa shape index (κ1) is 21.1. The molecule has 9 heteroatoms. The average molecular weight is 376 g/mol. The van der Waals surface area contributed by atoms with Gasteiger partial charge in [-0.3, -0.25) is 9.59 Å². The number of carbonyl (C=O) groups is 3. The lowest BCUT2D eigenvalue weighted by Gasteiger charge is -2.21. The molecule has 1 aliphatic rings. The van der Waals surface area contributed by atoms with Crippen LogP contribution in [0.1, 0.15) is 45.4 Å². The molecule has 0 heterocycles. The van der Waals surface area contributed by atoms with Gasteiger partial charge in [-0.25, -0.2) is 13.2 Å². The SMILES string of the molecule is C=C(CC(=O)OC1CCCCC1)C(=O)OCCS(=O)(=O)C(C)C(=O)O. The highest BCUT2D eigenvalue weighted by atomic mass is 32.2. The molecule has 1 fully saturated rings. The lowest BCUT2D eigenvalue weighted by molar-refractivity contribution is -0.151. The van der Waals surface area contributed by atoms with Crippen LogP contribution in [0.5, 0.6) is 0 Å². The molecule has 1 aliphatic carbocycles. The van der Waals surface area contributed by atoms with Crippen LogP contribution < -0.4 is 0 Å². The first-order valence-corrected chi connectivity index (χ1v) is 9.83. The van der Waals surface area contributed by atoms with E-state index >= 15 is 0 Å². The van der Waals surface area contributed by atoms with Gasteiger partial charge in [-0.1, -0.05) is 13.0 Å². The number of hydrogen-bond donors (Lipinski definition) is 1.